The summed E-state index contributed by atoms with van der Waals surface area (Å²) in [5, 5.41) is 8.55. The molecule has 1 heterocycles. The monoisotopic (exact) mass is 414 g/mol. The highest BCUT2D eigenvalue weighted by molar-refractivity contribution is 6.30. The molecule has 0 spiro atoms. The molecule has 1 aliphatic rings. The summed E-state index contributed by atoms with van der Waals surface area (Å²) in [6.07, 6.45) is 2.49. The average molecular weight is 415 g/mol. The first kappa shape index (κ1) is 20.7. The molecule has 1 saturated heterocycles. The van der Waals surface area contributed by atoms with Gasteiger partial charge in [0.1, 0.15) is 6.04 Å². The molecule has 1 aliphatic heterocycles. The molecule has 0 bridgehead atoms. The van der Waals surface area contributed by atoms with Crippen LogP contribution in [0.1, 0.15) is 26.2 Å². The number of nitrogens with one attached hydrogen (secondary N) is 3. The van der Waals surface area contributed by atoms with E-state index in [9.17, 15) is 14.4 Å². The van der Waals surface area contributed by atoms with Gasteiger partial charge in [-0.3, -0.25) is 9.59 Å². The van der Waals surface area contributed by atoms with Crippen molar-refractivity contribution in [2.24, 2.45) is 0 Å². The molecule has 0 aliphatic carbocycles. The number of carbonyl (C=O) groups excluding carboxylic acids is 3. The zero-order valence-electron chi connectivity index (χ0n) is 16.1. The predicted molar refractivity (Wildman–Crippen MR) is 114 cm³/mol. The van der Waals surface area contributed by atoms with Gasteiger partial charge in [-0.15, -0.1) is 0 Å². The normalized spacial score (nSPS) is 14.8. The van der Waals surface area contributed by atoms with Gasteiger partial charge in [-0.1, -0.05) is 11.6 Å². The van der Waals surface area contributed by atoms with E-state index in [1.54, 1.807) is 48.2 Å². The fraction of sp³-hybridized carbons (Fsp3) is 0.286. The van der Waals surface area contributed by atoms with Gasteiger partial charge in [0.15, 0.2) is 0 Å². The van der Waals surface area contributed by atoms with Crippen LogP contribution in [0, 0.1) is 0 Å². The zero-order valence-corrected chi connectivity index (χ0v) is 16.8. The molecule has 3 rings (SSSR count). The number of benzene rings is 2. The number of piperidine rings is 1. The van der Waals surface area contributed by atoms with Crippen LogP contribution in [0.4, 0.5) is 21.9 Å². The summed E-state index contributed by atoms with van der Waals surface area (Å²) in [6.45, 7) is 2.31. The van der Waals surface area contributed by atoms with E-state index < -0.39 is 12.1 Å². The van der Waals surface area contributed by atoms with Gasteiger partial charge in [0.05, 0.1) is 0 Å². The molecule has 1 fully saturated rings. The molecule has 0 unspecified atom stereocenters. The number of halogens is 1. The maximum atomic E-state index is 12.3. The van der Waals surface area contributed by atoms with Crippen molar-refractivity contribution in [3.8, 4) is 0 Å². The lowest BCUT2D eigenvalue weighted by molar-refractivity contribution is -0.119. The number of carbonyl (C=O) groups is 3. The molecule has 7 nitrogen and oxygen atoms in total. The molecule has 4 amide bonds. The van der Waals surface area contributed by atoms with Crippen LogP contribution in [0.15, 0.2) is 48.5 Å². The van der Waals surface area contributed by atoms with Gasteiger partial charge >= 0.3 is 6.03 Å². The maximum Gasteiger partial charge on any atom is 0.319 e. The topological polar surface area (TPSA) is 90.5 Å². The first-order valence-electron chi connectivity index (χ1n) is 9.47. The van der Waals surface area contributed by atoms with E-state index in [2.05, 4.69) is 16.0 Å². The lowest BCUT2D eigenvalue weighted by Crippen LogP contribution is -2.43. The predicted octanol–water partition coefficient (Wildman–Crippen LogP) is 4.01. The van der Waals surface area contributed by atoms with E-state index in [0.29, 0.717) is 29.4 Å². The Hall–Kier alpha value is -3.06. The van der Waals surface area contributed by atoms with Gasteiger partial charge in [-0.25, -0.2) is 4.79 Å². The summed E-state index contributed by atoms with van der Waals surface area (Å²) in [7, 11) is 0. The standard InChI is InChI=1S/C21H23ClN4O3/c1-14(23-21(29)25-17-7-5-15(22)6-8-17)20(28)24-16-9-11-18(12-10-16)26-13-3-2-4-19(26)27/h5-12,14H,2-4,13H2,1H3,(H,24,28)(H2,23,25,29)/t14-/m0/s1. The zero-order chi connectivity index (χ0) is 20.8. The van der Waals surface area contributed by atoms with Crippen LogP contribution in [0.5, 0.6) is 0 Å². The van der Waals surface area contributed by atoms with Crippen molar-refractivity contribution in [2.75, 3.05) is 22.1 Å². The molecule has 0 radical (unpaired) electrons. The maximum absolute atomic E-state index is 12.3. The van der Waals surface area contributed by atoms with E-state index >= 15 is 0 Å². The van der Waals surface area contributed by atoms with Crippen LogP contribution in [0.3, 0.4) is 0 Å². The number of rotatable bonds is 5. The number of hydrogen-bond donors (Lipinski definition) is 3. The summed E-state index contributed by atoms with van der Waals surface area (Å²) in [4.78, 5) is 38.2. The van der Waals surface area contributed by atoms with Crippen molar-refractivity contribution < 1.29 is 14.4 Å². The van der Waals surface area contributed by atoms with Crippen molar-refractivity contribution in [1.29, 1.82) is 0 Å². The minimum absolute atomic E-state index is 0.123. The van der Waals surface area contributed by atoms with Crippen LogP contribution >= 0.6 is 11.6 Å². The number of hydrogen-bond acceptors (Lipinski definition) is 3. The largest absolute Gasteiger partial charge is 0.326 e. The van der Waals surface area contributed by atoms with E-state index in [4.69, 9.17) is 11.6 Å². The second kappa shape index (κ2) is 9.43. The molecule has 3 N–H and O–H groups in total. The van der Waals surface area contributed by atoms with Crippen molar-refractivity contribution >= 4 is 46.5 Å². The van der Waals surface area contributed by atoms with Gasteiger partial charge in [0.25, 0.3) is 0 Å². The van der Waals surface area contributed by atoms with Crippen LogP contribution < -0.4 is 20.9 Å². The first-order valence-corrected chi connectivity index (χ1v) is 9.84. The minimum atomic E-state index is -0.745. The highest BCUT2D eigenvalue weighted by Crippen LogP contribution is 2.22. The van der Waals surface area contributed by atoms with Crippen molar-refractivity contribution in [2.45, 2.75) is 32.2 Å². The van der Waals surface area contributed by atoms with E-state index in [1.807, 2.05) is 12.1 Å². The van der Waals surface area contributed by atoms with Crippen molar-refractivity contribution in [3.63, 3.8) is 0 Å². The second-order valence-corrected chi connectivity index (χ2v) is 7.30. The molecule has 1 atom stereocenters. The van der Waals surface area contributed by atoms with Crippen LogP contribution in [0.2, 0.25) is 5.02 Å². The third-order valence-electron chi connectivity index (χ3n) is 4.61. The van der Waals surface area contributed by atoms with Gasteiger partial charge in [0.2, 0.25) is 11.8 Å². The Labute approximate surface area is 174 Å². The lowest BCUT2D eigenvalue weighted by atomic mass is 10.1. The van der Waals surface area contributed by atoms with Crippen LogP contribution in [-0.4, -0.2) is 30.4 Å². The van der Waals surface area contributed by atoms with Gasteiger partial charge in [0, 0.05) is 35.1 Å². The van der Waals surface area contributed by atoms with Crippen LogP contribution in [0.25, 0.3) is 0 Å². The number of nitrogens with zero attached hydrogens (tertiary/aromatic N) is 1. The summed E-state index contributed by atoms with van der Waals surface area (Å²) < 4.78 is 0. The molecule has 152 valence electrons. The molecule has 8 heteroatoms. The first-order chi connectivity index (χ1) is 13.9. The highest BCUT2D eigenvalue weighted by Gasteiger charge is 2.20. The lowest BCUT2D eigenvalue weighted by Gasteiger charge is -2.27. The Kier molecular flexibility index (Phi) is 6.72. The fourth-order valence-electron chi connectivity index (χ4n) is 3.02. The van der Waals surface area contributed by atoms with Crippen molar-refractivity contribution in [3.05, 3.63) is 53.6 Å². The highest BCUT2D eigenvalue weighted by atomic mass is 35.5. The van der Waals surface area contributed by atoms with Crippen molar-refractivity contribution in [1.82, 2.24) is 5.32 Å². The smallest absolute Gasteiger partial charge is 0.319 e. The summed E-state index contributed by atoms with van der Waals surface area (Å²) in [6, 6.07) is 12.5. The van der Waals surface area contributed by atoms with Gasteiger partial charge < -0.3 is 20.9 Å². The quantitative estimate of drug-likeness (QED) is 0.690. The summed E-state index contributed by atoms with van der Waals surface area (Å²) in [5.41, 5.74) is 1.98. The summed E-state index contributed by atoms with van der Waals surface area (Å²) in [5.74, 6) is -0.226. The number of amides is 4. The third kappa shape index (κ3) is 5.71. The summed E-state index contributed by atoms with van der Waals surface area (Å²) >= 11 is 5.81. The molecule has 0 saturated carbocycles. The van der Waals surface area contributed by atoms with E-state index in [1.165, 1.54) is 0 Å². The third-order valence-corrected chi connectivity index (χ3v) is 4.86. The fourth-order valence-corrected chi connectivity index (χ4v) is 3.14. The molecular weight excluding hydrogens is 392 g/mol. The Morgan fingerprint density at radius 2 is 1.59 bits per heavy atom. The molecular formula is C21H23ClN4O3. The average Bonchev–Trinajstić information content (AvgIpc) is 2.71. The minimum Gasteiger partial charge on any atom is -0.326 e. The Morgan fingerprint density at radius 1 is 0.966 bits per heavy atom. The Morgan fingerprint density at radius 3 is 2.24 bits per heavy atom. The molecule has 0 aromatic heterocycles. The number of urea groups is 1. The Bertz CT molecular complexity index is 884. The number of anilines is 3. The Balaban J connectivity index is 1.51. The molecule has 29 heavy (non-hydrogen) atoms. The molecule has 2 aromatic carbocycles. The van der Waals surface area contributed by atoms with Gasteiger partial charge in [-0.05, 0) is 68.3 Å². The van der Waals surface area contributed by atoms with E-state index in [0.717, 1.165) is 18.5 Å². The van der Waals surface area contributed by atoms with E-state index in [-0.39, 0.29) is 11.8 Å². The molecule has 2 aromatic rings. The van der Waals surface area contributed by atoms with Crippen LogP contribution in [-0.2, 0) is 9.59 Å². The van der Waals surface area contributed by atoms with Gasteiger partial charge in [-0.2, -0.15) is 0 Å². The SMILES string of the molecule is C[C@H](NC(=O)Nc1ccc(Cl)cc1)C(=O)Nc1ccc(N2CCCCC2=O)cc1. The second-order valence-electron chi connectivity index (χ2n) is 6.87.